The van der Waals surface area contributed by atoms with Crippen molar-refractivity contribution in [3.63, 3.8) is 0 Å². The minimum atomic E-state index is -0.391. The summed E-state index contributed by atoms with van der Waals surface area (Å²) < 4.78 is 5.29. The number of thiazole rings is 1. The van der Waals surface area contributed by atoms with Crippen molar-refractivity contribution in [2.45, 2.75) is 39.2 Å². The summed E-state index contributed by atoms with van der Waals surface area (Å²) in [6.45, 7) is 6.97. The Bertz CT molecular complexity index is 472. The largest absolute Gasteiger partial charge is 0.384 e. The molecule has 0 radical (unpaired) electrons. The summed E-state index contributed by atoms with van der Waals surface area (Å²) in [4.78, 5) is 17.1. The fourth-order valence-corrected chi connectivity index (χ4v) is 3.53. The number of hydrogen-bond acceptors (Lipinski definition) is 5. The summed E-state index contributed by atoms with van der Waals surface area (Å²) in [5.74, 6) is 0.516. The smallest absolute Gasteiger partial charge is 0.228 e. The maximum atomic E-state index is 12.6. The maximum absolute atomic E-state index is 12.6. The normalized spacial score (nSPS) is 16.3. The van der Waals surface area contributed by atoms with Crippen LogP contribution in [-0.4, -0.2) is 37.7 Å². The average Bonchev–Trinajstić information content (AvgIpc) is 2.95. The highest BCUT2D eigenvalue weighted by molar-refractivity contribution is 7.09. The number of rotatable bonds is 6. The molecule has 1 amide bonds. The lowest BCUT2D eigenvalue weighted by Gasteiger charge is -2.35. The molecule has 1 aromatic heterocycles. The van der Waals surface area contributed by atoms with Gasteiger partial charge in [-0.15, -0.1) is 36.2 Å². The van der Waals surface area contributed by atoms with Gasteiger partial charge in [-0.25, -0.2) is 4.98 Å². The molecule has 0 aliphatic carbocycles. The van der Waals surface area contributed by atoms with Crippen molar-refractivity contribution in [3.8, 4) is 0 Å². The van der Waals surface area contributed by atoms with Gasteiger partial charge in [-0.3, -0.25) is 4.79 Å². The first-order valence-electron chi connectivity index (χ1n) is 7.50. The molecular weight excluding hydrogens is 357 g/mol. The quantitative estimate of drug-likeness (QED) is 0.792. The Kier molecular flexibility index (Phi) is 10.3. The van der Waals surface area contributed by atoms with Gasteiger partial charge in [0.05, 0.1) is 24.3 Å². The fourth-order valence-electron chi connectivity index (χ4n) is 2.63. The molecule has 2 N–H and O–H groups in total. The second-order valence-electron chi connectivity index (χ2n) is 5.97. The number of ether oxygens (including phenoxy) is 1. The molecule has 1 aliphatic heterocycles. The van der Waals surface area contributed by atoms with Crippen LogP contribution in [0.1, 0.15) is 43.3 Å². The molecule has 5 nitrogen and oxygen atoms in total. The van der Waals surface area contributed by atoms with E-state index in [-0.39, 0.29) is 30.7 Å². The van der Waals surface area contributed by atoms with Gasteiger partial charge in [-0.2, -0.15) is 0 Å². The molecule has 8 heteroatoms. The Morgan fingerprint density at radius 3 is 2.61 bits per heavy atom. The van der Waals surface area contributed by atoms with E-state index < -0.39 is 5.41 Å². The maximum Gasteiger partial charge on any atom is 0.228 e. The predicted octanol–water partition coefficient (Wildman–Crippen LogP) is 2.74. The van der Waals surface area contributed by atoms with Crippen LogP contribution in [0.2, 0.25) is 0 Å². The summed E-state index contributed by atoms with van der Waals surface area (Å²) >= 11 is 1.61. The molecule has 23 heavy (non-hydrogen) atoms. The molecule has 1 aromatic rings. The Hall–Kier alpha value is -0.400. The van der Waals surface area contributed by atoms with Crippen LogP contribution in [-0.2, 0) is 16.1 Å². The monoisotopic (exact) mass is 383 g/mol. The van der Waals surface area contributed by atoms with Crippen LogP contribution in [0, 0.1) is 5.41 Å². The molecule has 134 valence electrons. The summed E-state index contributed by atoms with van der Waals surface area (Å²) in [5, 5.41) is 9.38. The molecular formula is C15H27Cl2N3O2S. The SMILES string of the molecule is COCC1(C(=O)NCc2nc(C(C)C)cs2)CCNCC1.Cl.Cl. The molecule has 1 saturated heterocycles. The van der Waals surface area contributed by atoms with E-state index in [1.807, 2.05) is 0 Å². The summed E-state index contributed by atoms with van der Waals surface area (Å²) in [6.07, 6.45) is 1.64. The number of piperidine rings is 1. The van der Waals surface area contributed by atoms with Gasteiger partial charge in [-0.05, 0) is 31.8 Å². The van der Waals surface area contributed by atoms with Crippen LogP contribution in [0.5, 0.6) is 0 Å². The summed E-state index contributed by atoms with van der Waals surface area (Å²) in [5.41, 5.74) is 0.704. The zero-order valence-electron chi connectivity index (χ0n) is 13.9. The molecule has 2 rings (SSSR count). The van der Waals surface area contributed by atoms with Crippen LogP contribution >= 0.6 is 36.2 Å². The number of hydrogen-bond donors (Lipinski definition) is 2. The van der Waals surface area contributed by atoms with E-state index in [0.717, 1.165) is 36.6 Å². The van der Waals surface area contributed by atoms with E-state index in [0.29, 0.717) is 19.1 Å². The van der Waals surface area contributed by atoms with Crippen molar-refractivity contribution in [1.29, 1.82) is 0 Å². The Balaban J connectivity index is 0.00000242. The average molecular weight is 384 g/mol. The highest BCUT2D eigenvalue weighted by Gasteiger charge is 2.39. The first kappa shape index (κ1) is 22.6. The van der Waals surface area contributed by atoms with Crippen LogP contribution in [0.15, 0.2) is 5.38 Å². The highest BCUT2D eigenvalue weighted by atomic mass is 35.5. The number of aromatic nitrogens is 1. The number of carbonyl (C=O) groups is 1. The third-order valence-electron chi connectivity index (χ3n) is 4.02. The molecule has 2 heterocycles. The molecule has 0 aromatic carbocycles. The van der Waals surface area contributed by atoms with Crippen molar-refractivity contribution < 1.29 is 9.53 Å². The third-order valence-corrected chi connectivity index (χ3v) is 4.89. The number of halogens is 2. The van der Waals surface area contributed by atoms with Gasteiger partial charge >= 0.3 is 0 Å². The van der Waals surface area contributed by atoms with Crippen molar-refractivity contribution in [1.82, 2.24) is 15.6 Å². The van der Waals surface area contributed by atoms with Gasteiger partial charge in [0.25, 0.3) is 0 Å². The van der Waals surface area contributed by atoms with E-state index in [9.17, 15) is 4.79 Å². The van der Waals surface area contributed by atoms with Gasteiger partial charge < -0.3 is 15.4 Å². The van der Waals surface area contributed by atoms with Crippen LogP contribution in [0.25, 0.3) is 0 Å². The van der Waals surface area contributed by atoms with Crippen molar-refractivity contribution >= 4 is 42.1 Å². The summed E-state index contributed by atoms with van der Waals surface area (Å²) in [7, 11) is 1.66. The Morgan fingerprint density at radius 1 is 1.43 bits per heavy atom. The van der Waals surface area contributed by atoms with Crippen LogP contribution < -0.4 is 10.6 Å². The van der Waals surface area contributed by atoms with Gasteiger partial charge in [0, 0.05) is 12.5 Å². The molecule has 0 spiro atoms. The second-order valence-corrected chi connectivity index (χ2v) is 6.91. The van der Waals surface area contributed by atoms with Crippen LogP contribution in [0.3, 0.4) is 0 Å². The minimum absolute atomic E-state index is 0. The Morgan fingerprint density at radius 2 is 2.09 bits per heavy atom. The fraction of sp³-hybridized carbons (Fsp3) is 0.733. The van der Waals surface area contributed by atoms with E-state index in [1.165, 1.54) is 0 Å². The third kappa shape index (κ3) is 5.87. The lowest BCUT2D eigenvalue weighted by atomic mass is 9.78. The zero-order valence-corrected chi connectivity index (χ0v) is 16.3. The second kappa shape index (κ2) is 10.5. The standard InChI is InChI=1S/C15H25N3O2S.2ClH/c1-11(2)12-9-21-13(18-12)8-17-14(19)15(10-20-3)4-6-16-7-5-15;;/h9,11,16H,4-8,10H2,1-3H3,(H,17,19);2*1H. The van der Waals surface area contributed by atoms with E-state index in [4.69, 9.17) is 4.74 Å². The summed E-state index contributed by atoms with van der Waals surface area (Å²) in [6, 6.07) is 0. The molecule has 0 saturated carbocycles. The molecule has 1 fully saturated rings. The molecule has 1 aliphatic rings. The van der Waals surface area contributed by atoms with E-state index in [2.05, 4.69) is 34.8 Å². The number of carbonyl (C=O) groups excluding carboxylic acids is 1. The minimum Gasteiger partial charge on any atom is -0.384 e. The number of amides is 1. The molecule has 0 bridgehead atoms. The van der Waals surface area contributed by atoms with Crippen molar-refractivity contribution in [2.24, 2.45) is 5.41 Å². The van der Waals surface area contributed by atoms with Crippen molar-refractivity contribution in [3.05, 3.63) is 16.1 Å². The van der Waals surface area contributed by atoms with E-state index >= 15 is 0 Å². The van der Waals surface area contributed by atoms with Gasteiger partial charge in [0.1, 0.15) is 5.01 Å². The number of nitrogens with zero attached hydrogens (tertiary/aromatic N) is 1. The number of nitrogens with one attached hydrogen (secondary N) is 2. The number of methoxy groups -OCH3 is 1. The van der Waals surface area contributed by atoms with Crippen LogP contribution in [0.4, 0.5) is 0 Å². The first-order valence-corrected chi connectivity index (χ1v) is 8.37. The van der Waals surface area contributed by atoms with Crippen molar-refractivity contribution in [2.75, 3.05) is 26.8 Å². The lowest BCUT2D eigenvalue weighted by Crippen LogP contribution is -2.49. The molecule has 0 atom stereocenters. The van der Waals surface area contributed by atoms with Gasteiger partial charge in [-0.1, -0.05) is 13.8 Å². The molecule has 0 unspecified atom stereocenters. The first-order chi connectivity index (χ1) is 10.1. The topological polar surface area (TPSA) is 63.2 Å². The van der Waals surface area contributed by atoms with Gasteiger partial charge in [0.15, 0.2) is 0 Å². The lowest BCUT2D eigenvalue weighted by molar-refractivity contribution is -0.136. The van der Waals surface area contributed by atoms with Gasteiger partial charge in [0.2, 0.25) is 5.91 Å². The Labute approximate surface area is 154 Å². The van der Waals surface area contributed by atoms with E-state index in [1.54, 1.807) is 18.4 Å². The highest BCUT2D eigenvalue weighted by Crippen LogP contribution is 2.29. The predicted molar refractivity (Wildman–Crippen MR) is 99.0 cm³/mol. The zero-order chi connectivity index (χ0) is 15.3.